The highest BCUT2D eigenvalue weighted by Crippen LogP contribution is 2.37. The van der Waals surface area contributed by atoms with Crippen LogP contribution in [0.1, 0.15) is 29.0 Å². The van der Waals surface area contributed by atoms with Crippen LogP contribution in [0.5, 0.6) is 11.5 Å². The fraction of sp³-hybridized carbons (Fsp3) is 0.316. The van der Waals surface area contributed by atoms with Crippen LogP contribution in [0.25, 0.3) is 0 Å². The standard InChI is InChI=1S/C19H22N2O4/c1-3-25-13-8-9-17(22)15(12-13)18-20-16-7-5-4-6-14(16)19(23)21(18)10-11-24-2/h4-9,12,18,20,22H,3,10-11H2,1-2H3/t18-/m0/s1. The average molecular weight is 342 g/mol. The molecule has 1 atom stereocenters. The molecule has 6 nitrogen and oxygen atoms in total. The van der Waals surface area contributed by atoms with E-state index in [-0.39, 0.29) is 11.7 Å². The molecular weight excluding hydrogens is 320 g/mol. The molecule has 0 radical (unpaired) electrons. The highest BCUT2D eigenvalue weighted by Gasteiger charge is 2.34. The van der Waals surface area contributed by atoms with Crippen LogP contribution in [0.2, 0.25) is 0 Å². The van der Waals surface area contributed by atoms with E-state index in [0.29, 0.717) is 36.6 Å². The number of nitrogens with zero attached hydrogens (tertiary/aromatic N) is 1. The molecule has 0 aromatic heterocycles. The van der Waals surface area contributed by atoms with E-state index in [4.69, 9.17) is 9.47 Å². The van der Waals surface area contributed by atoms with Crippen molar-refractivity contribution < 1.29 is 19.4 Å². The summed E-state index contributed by atoms with van der Waals surface area (Å²) in [6, 6.07) is 12.4. The summed E-state index contributed by atoms with van der Waals surface area (Å²) in [7, 11) is 1.60. The number of fused-ring (bicyclic) bond motifs is 1. The molecule has 2 N–H and O–H groups in total. The Morgan fingerprint density at radius 2 is 2.04 bits per heavy atom. The van der Waals surface area contributed by atoms with Crippen molar-refractivity contribution in [3.8, 4) is 11.5 Å². The van der Waals surface area contributed by atoms with Crippen LogP contribution >= 0.6 is 0 Å². The van der Waals surface area contributed by atoms with E-state index in [1.807, 2.05) is 25.1 Å². The molecular formula is C19H22N2O4. The van der Waals surface area contributed by atoms with E-state index in [0.717, 1.165) is 5.69 Å². The van der Waals surface area contributed by atoms with Crippen LogP contribution in [-0.2, 0) is 4.74 Å². The van der Waals surface area contributed by atoms with Crippen molar-refractivity contribution in [3.05, 3.63) is 53.6 Å². The van der Waals surface area contributed by atoms with E-state index < -0.39 is 6.17 Å². The lowest BCUT2D eigenvalue weighted by Crippen LogP contribution is -2.44. The van der Waals surface area contributed by atoms with Crippen LogP contribution in [0.4, 0.5) is 5.69 Å². The molecule has 132 valence electrons. The van der Waals surface area contributed by atoms with Gasteiger partial charge in [-0.2, -0.15) is 0 Å². The molecule has 1 aliphatic rings. The summed E-state index contributed by atoms with van der Waals surface area (Å²) in [6.07, 6.45) is -0.502. The third-order valence-corrected chi connectivity index (χ3v) is 4.16. The van der Waals surface area contributed by atoms with Gasteiger partial charge in [0.1, 0.15) is 17.7 Å². The summed E-state index contributed by atoms with van der Waals surface area (Å²) in [4.78, 5) is 14.6. The van der Waals surface area contributed by atoms with Gasteiger partial charge in [0.15, 0.2) is 0 Å². The number of aromatic hydroxyl groups is 1. The van der Waals surface area contributed by atoms with Gasteiger partial charge in [0.2, 0.25) is 0 Å². The number of methoxy groups -OCH3 is 1. The number of phenolic OH excluding ortho intramolecular Hbond substituents is 1. The summed E-state index contributed by atoms with van der Waals surface area (Å²) in [5.74, 6) is 0.656. The van der Waals surface area contributed by atoms with Crippen LogP contribution in [0.15, 0.2) is 42.5 Å². The van der Waals surface area contributed by atoms with E-state index in [1.165, 1.54) is 0 Å². The molecule has 0 unspecified atom stereocenters. The van der Waals surface area contributed by atoms with Crippen molar-refractivity contribution >= 4 is 11.6 Å². The molecule has 1 heterocycles. The normalized spacial score (nSPS) is 16.3. The number of carbonyl (C=O) groups excluding carboxylic acids is 1. The molecule has 1 amide bonds. The molecule has 0 bridgehead atoms. The largest absolute Gasteiger partial charge is 0.508 e. The molecule has 6 heteroatoms. The predicted molar refractivity (Wildman–Crippen MR) is 95.0 cm³/mol. The number of benzene rings is 2. The van der Waals surface area contributed by atoms with Crippen LogP contribution < -0.4 is 10.1 Å². The number of amides is 1. The zero-order chi connectivity index (χ0) is 17.8. The lowest BCUT2D eigenvalue weighted by molar-refractivity contribution is 0.0607. The number of nitrogens with one attached hydrogen (secondary N) is 1. The number of ether oxygens (including phenoxy) is 2. The maximum Gasteiger partial charge on any atom is 0.257 e. The maximum atomic E-state index is 12.9. The zero-order valence-corrected chi connectivity index (χ0v) is 14.4. The number of hydrogen-bond donors (Lipinski definition) is 2. The monoisotopic (exact) mass is 342 g/mol. The molecule has 2 aromatic rings. The van der Waals surface area contributed by atoms with Gasteiger partial charge in [0, 0.05) is 24.9 Å². The Morgan fingerprint density at radius 1 is 1.24 bits per heavy atom. The molecule has 0 aliphatic carbocycles. The molecule has 3 rings (SSSR count). The van der Waals surface area contributed by atoms with E-state index in [2.05, 4.69) is 5.32 Å². The topological polar surface area (TPSA) is 71.0 Å². The minimum atomic E-state index is -0.502. The Hall–Kier alpha value is -2.73. The summed E-state index contributed by atoms with van der Waals surface area (Å²) >= 11 is 0. The Morgan fingerprint density at radius 3 is 2.80 bits per heavy atom. The third kappa shape index (κ3) is 3.39. The first-order chi connectivity index (χ1) is 12.2. The van der Waals surface area contributed by atoms with E-state index >= 15 is 0 Å². The third-order valence-electron chi connectivity index (χ3n) is 4.16. The highest BCUT2D eigenvalue weighted by molar-refractivity contribution is 6.01. The SMILES string of the molecule is CCOc1ccc(O)c([C@H]2Nc3ccccc3C(=O)N2CCOC)c1. The Balaban J connectivity index is 2.03. The average Bonchev–Trinajstić information content (AvgIpc) is 2.63. The van der Waals surface area contributed by atoms with Crippen molar-refractivity contribution in [1.82, 2.24) is 4.90 Å². The van der Waals surface area contributed by atoms with Crippen molar-refractivity contribution in [2.45, 2.75) is 13.1 Å². The van der Waals surface area contributed by atoms with Crippen LogP contribution in [0.3, 0.4) is 0 Å². The maximum absolute atomic E-state index is 12.9. The van der Waals surface area contributed by atoms with Gasteiger partial charge in [-0.3, -0.25) is 4.79 Å². The summed E-state index contributed by atoms with van der Waals surface area (Å²) in [6.45, 7) is 3.23. The van der Waals surface area contributed by atoms with Gasteiger partial charge in [-0.15, -0.1) is 0 Å². The second-order valence-corrected chi connectivity index (χ2v) is 5.74. The number of anilines is 1. The number of para-hydroxylation sites is 1. The van der Waals surface area contributed by atoms with Crippen LogP contribution in [-0.4, -0.2) is 42.8 Å². The molecule has 0 spiro atoms. The van der Waals surface area contributed by atoms with Gasteiger partial charge < -0.3 is 24.8 Å². The zero-order valence-electron chi connectivity index (χ0n) is 14.4. The molecule has 0 saturated carbocycles. The first-order valence-electron chi connectivity index (χ1n) is 8.27. The fourth-order valence-corrected chi connectivity index (χ4v) is 2.97. The Labute approximate surface area is 147 Å². The number of rotatable bonds is 6. The highest BCUT2D eigenvalue weighted by atomic mass is 16.5. The minimum absolute atomic E-state index is 0.0994. The molecule has 0 fully saturated rings. The summed E-state index contributed by atoms with van der Waals surface area (Å²) in [5.41, 5.74) is 1.94. The smallest absolute Gasteiger partial charge is 0.257 e. The van der Waals surface area contributed by atoms with Crippen molar-refractivity contribution in [2.24, 2.45) is 0 Å². The van der Waals surface area contributed by atoms with Gasteiger partial charge in [-0.1, -0.05) is 12.1 Å². The first kappa shape index (κ1) is 17.1. The fourth-order valence-electron chi connectivity index (χ4n) is 2.97. The van der Waals surface area contributed by atoms with Gasteiger partial charge in [-0.05, 0) is 37.3 Å². The van der Waals surface area contributed by atoms with E-state index in [9.17, 15) is 9.90 Å². The summed E-state index contributed by atoms with van der Waals surface area (Å²) < 4.78 is 10.7. The number of phenols is 1. The Kier molecular flexibility index (Phi) is 5.09. The first-order valence-corrected chi connectivity index (χ1v) is 8.27. The Bertz CT molecular complexity index is 763. The molecule has 0 saturated heterocycles. The van der Waals surface area contributed by atoms with Gasteiger partial charge in [0.25, 0.3) is 5.91 Å². The summed E-state index contributed by atoms with van der Waals surface area (Å²) in [5, 5.41) is 13.7. The molecule has 25 heavy (non-hydrogen) atoms. The van der Waals surface area contributed by atoms with Gasteiger partial charge in [-0.25, -0.2) is 0 Å². The molecule has 2 aromatic carbocycles. The second kappa shape index (κ2) is 7.44. The quantitative estimate of drug-likeness (QED) is 0.844. The van der Waals surface area contributed by atoms with E-state index in [1.54, 1.807) is 36.3 Å². The van der Waals surface area contributed by atoms with Crippen molar-refractivity contribution in [2.75, 3.05) is 32.2 Å². The number of hydrogen-bond acceptors (Lipinski definition) is 5. The van der Waals surface area contributed by atoms with Crippen molar-refractivity contribution in [3.63, 3.8) is 0 Å². The molecule has 1 aliphatic heterocycles. The lowest BCUT2D eigenvalue weighted by Gasteiger charge is -2.38. The van der Waals surface area contributed by atoms with Crippen molar-refractivity contribution in [1.29, 1.82) is 0 Å². The van der Waals surface area contributed by atoms with Gasteiger partial charge >= 0.3 is 0 Å². The predicted octanol–water partition coefficient (Wildman–Crippen LogP) is 3.00. The second-order valence-electron chi connectivity index (χ2n) is 5.74. The van der Waals surface area contributed by atoms with Crippen LogP contribution in [0, 0.1) is 0 Å². The minimum Gasteiger partial charge on any atom is -0.508 e. The van der Waals surface area contributed by atoms with Gasteiger partial charge in [0.05, 0.1) is 18.8 Å². The lowest BCUT2D eigenvalue weighted by atomic mass is 10.0. The number of carbonyl (C=O) groups is 1.